The van der Waals surface area contributed by atoms with Gasteiger partial charge in [-0.2, -0.15) is 0 Å². The van der Waals surface area contributed by atoms with Crippen molar-refractivity contribution in [3.8, 4) is 0 Å². The van der Waals surface area contributed by atoms with Crippen molar-refractivity contribution in [3.05, 3.63) is 42.5 Å². The van der Waals surface area contributed by atoms with Gasteiger partial charge in [-0.1, -0.05) is 45.4 Å². The zero-order chi connectivity index (χ0) is 31.3. The standard InChI is InChI=1S/C35H53NO3S.C3H6/c1-31(2)28-15-18-34(5)29(14-13-26-27-8-6-17-35(27,23-37)20-19-33(26,34)4)32(28,3)16-7-21-36(31)40-25-11-9-24(10-12-25)22-30(38)39;1-3-2/h9-12,26-29,37H,6-8,13-23H2,1-5H3,(H,38,39);3H,1H2,2H3/t26?,27?,28?,29?,32?,33-,34?,35?;/m1./s1. The van der Waals surface area contributed by atoms with E-state index in [0.29, 0.717) is 28.8 Å². The lowest BCUT2D eigenvalue weighted by Crippen LogP contribution is -2.65. The van der Waals surface area contributed by atoms with Gasteiger partial charge >= 0.3 is 5.97 Å². The maximum Gasteiger partial charge on any atom is 0.307 e. The van der Waals surface area contributed by atoms with E-state index in [4.69, 9.17) is 5.11 Å². The van der Waals surface area contributed by atoms with Gasteiger partial charge in [-0.15, -0.1) is 6.58 Å². The summed E-state index contributed by atoms with van der Waals surface area (Å²) in [7, 11) is 0. The second-order valence-electron chi connectivity index (χ2n) is 16.3. The lowest BCUT2D eigenvalue weighted by molar-refractivity contribution is -0.225. The second kappa shape index (κ2) is 12.1. The monoisotopic (exact) mass is 609 g/mol. The Bertz CT molecular complexity index is 1170. The third kappa shape index (κ3) is 5.35. The number of allylic oxidation sites excluding steroid dienone is 1. The first-order valence-electron chi connectivity index (χ1n) is 17.3. The van der Waals surface area contributed by atoms with Crippen LogP contribution in [0.3, 0.4) is 0 Å². The molecule has 5 heteroatoms. The van der Waals surface area contributed by atoms with E-state index < -0.39 is 5.97 Å². The summed E-state index contributed by atoms with van der Waals surface area (Å²) in [6, 6.07) is 8.19. The van der Waals surface area contributed by atoms with Gasteiger partial charge in [0.15, 0.2) is 0 Å². The summed E-state index contributed by atoms with van der Waals surface area (Å²) < 4.78 is 2.68. The molecule has 0 bridgehead atoms. The van der Waals surface area contributed by atoms with Gasteiger partial charge in [-0.3, -0.25) is 4.79 Å². The molecule has 0 radical (unpaired) electrons. The molecule has 4 saturated carbocycles. The Kier molecular flexibility index (Phi) is 9.34. The van der Waals surface area contributed by atoms with Crippen molar-refractivity contribution in [2.75, 3.05) is 13.2 Å². The minimum Gasteiger partial charge on any atom is -0.481 e. The second-order valence-corrected chi connectivity index (χ2v) is 17.4. The Morgan fingerprint density at radius 2 is 1.60 bits per heavy atom. The molecule has 0 amide bonds. The Labute approximate surface area is 266 Å². The molecule has 5 aliphatic rings. The summed E-state index contributed by atoms with van der Waals surface area (Å²) >= 11 is 1.89. The molecule has 240 valence electrons. The van der Waals surface area contributed by atoms with Gasteiger partial charge in [0, 0.05) is 23.6 Å². The topological polar surface area (TPSA) is 60.8 Å². The number of carboxylic acid groups (broad SMARTS) is 1. The van der Waals surface area contributed by atoms with Gasteiger partial charge in [0.2, 0.25) is 0 Å². The van der Waals surface area contributed by atoms with Crippen LogP contribution in [0.25, 0.3) is 0 Å². The first kappa shape index (κ1) is 33.1. The van der Waals surface area contributed by atoms with E-state index in [2.05, 4.69) is 57.6 Å². The fourth-order valence-electron chi connectivity index (χ4n) is 12.1. The molecule has 1 heterocycles. The molecular formula is C38H59NO3S. The fraction of sp³-hybridized carbons (Fsp3) is 0.763. The van der Waals surface area contributed by atoms with Gasteiger partial charge in [0.1, 0.15) is 0 Å². The van der Waals surface area contributed by atoms with Crippen LogP contribution >= 0.6 is 11.9 Å². The highest BCUT2D eigenvalue weighted by Crippen LogP contribution is 2.76. The molecule has 6 rings (SSSR count). The third-order valence-electron chi connectivity index (χ3n) is 14.2. The van der Waals surface area contributed by atoms with Gasteiger partial charge in [0.05, 0.1) is 6.42 Å². The number of aliphatic hydroxyl groups excluding tert-OH is 1. The number of aliphatic carboxylic acids is 1. The van der Waals surface area contributed by atoms with E-state index in [1.54, 1.807) is 6.08 Å². The van der Waals surface area contributed by atoms with Crippen molar-refractivity contribution in [2.45, 2.75) is 129 Å². The summed E-state index contributed by atoms with van der Waals surface area (Å²) in [5, 5.41) is 19.7. The number of hydrogen-bond acceptors (Lipinski definition) is 4. The molecule has 4 aliphatic carbocycles. The molecule has 1 aromatic rings. The molecule has 2 N–H and O–H groups in total. The lowest BCUT2D eigenvalue weighted by Gasteiger charge is -2.71. The van der Waals surface area contributed by atoms with E-state index in [9.17, 15) is 9.90 Å². The molecule has 0 spiro atoms. The molecule has 8 atom stereocenters. The number of carboxylic acids is 1. The minimum atomic E-state index is -0.773. The molecular weight excluding hydrogens is 550 g/mol. The first-order chi connectivity index (χ1) is 20.3. The van der Waals surface area contributed by atoms with Crippen LogP contribution in [0, 0.1) is 45.3 Å². The number of aliphatic hydroxyl groups is 1. The highest BCUT2D eigenvalue weighted by atomic mass is 32.2. The normalized spacial score (nSPS) is 41.7. The largest absolute Gasteiger partial charge is 0.481 e. The Morgan fingerprint density at radius 3 is 2.26 bits per heavy atom. The molecule has 4 nitrogen and oxygen atoms in total. The molecule has 7 unspecified atom stereocenters. The average molecular weight is 610 g/mol. The lowest BCUT2D eigenvalue weighted by atomic mass is 9.34. The van der Waals surface area contributed by atoms with Crippen LogP contribution in [-0.2, 0) is 11.2 Å². The Balaban J connectivity index is 0.00000118. The predicted octanol–water partition coefficient (Wildman–Crippen LogP) is 9.42. The molecule has 1 saturated heterocycles. The van der Waals surface area contributed by atoms with Crippen molar-refractivity contribution in [1.29, 1.82) is 0 Å². The molecule has 5 fully saturated rings. The number of hydrogen-bond donors (Lipinski definition) is 2. The molecule has 43 heavy (non-hydrogen) atoms. The summed E-state index contributed by atoms with van der Waals surface area (Å²) in [6.45, 7) is 19.9. The number of benzene rings is 1. The maximum atomic E-state index is 11.1. The molecule has 0 aromatic heterocycles. The fourth-order valence-corrected chi connectivity index (χ4v) is 13.1. The van der Waals surface area contributed by atoms with E-state index in [-0.39, 0.29) is 17.4 Å². The molecule has 1 aliphatic heterocycles. The van der Waals surface area contributed by atoms with E-state index in [0.717, 1.165) is 29.9 Å². The number of carbonyl (C=O) groups is 1. The van der Waals surface area contributed by atoms with Gasteiger partial charge < -0.3 is 10.2 Å². The first-order valence-corrected chi connectivity index (χ1v) is 18.0. The van der Waals surface area contributed by atoms with Crippen LogP contribution in [-0.4, -0.2) is 39.2 Å². The third-order valence-corrected chi connectivity index (χ3v) is 15.5. The van der Waals surface area contributed by atoms with E-state index in [1.807, 2.05) is 31.0 Å². The highest BCUT2D eigenvalue weighted by Gasteiger charge is 2.69. The van der Waals surface area contributed by atoms with Crippen LogP contribution in [0.2, 0.25) is 0 Å². The van der Waals surface area contributed by atoms with Crippen LogP contribution in [0.5, 0.6) is 0 Å². The van der Waals surface area contributed by atoms with Crippen molar-refractivity contribution < 1.29 is 15.0 Å². The summed E-state index contributed by atoms with van der Waals surface area (Å²) in [5.41, 5.74) is 2.28. The highest BCUT2D eigenvalue weighted by molar-refractivity contribution is 7.97. The Hall–Kier alpha value is -1.30. The summed E-state index contributed by atoms with van der Waals surface area (Å²) in [6.07, 6.45) is 16.3. The average Bonchev–Trinajstić information content (AvgIpc) is 3.35. The zero-order valence-electron chi connectivity index (χ0n) is 28.0. The van der Waals surface area contributed by atoms with Crippen molar-refractivity contribution in [1.82, 2.24) is 4.31 Å². The smallest absolute Gasteiger partial charge is 0.307 e. The van der Waals surface area contributed by atoms with Crippen LogP contribution in [0.15, 0.2) is 41.8 Å². The zero-order valence-corrected chi connectivity index (χ0v) is 28.8. The number of rotatable bonds is 5. The van der Waals surface area contributed by atoms with Gasteiger partial charge in [-0.05, 0) is 160 Å². The summed E-state index contributed by atoms with van der Waals surface area (Å²) in [4.78, 5) is 12.3. The van der Waals surface area contributed by atoms with Crippen molar-refractivity contribution >= 4 is 17.9 Å². The van der Waals surface area contributed by atoms with Crippen LogP contribution in [0.4, 0.5) is 0 Å². The van der Waals surface area contributed by atoms with E-state index in [1.165, 1.54) is 75.5 Å². The van der Waals surface area contributed by atoms with Crippen LogP contribution in [0.1, 0.15) is 118 Å². The minimum absolute atomic E-state index is 0.0821. The molecule has 1 aromatic carbocycles. The maximum absolute atomic E-state index is 11.1. The predicted molar refractivity (Wildman–Crippen MR) is 179 cm³/mol. The SMILES string of the molecule is C=CC.CC12CCCN(Sc3ccc(CC(=O)O)cc3)C(C)(C)C1CCC1(C)C2CCC2C3CCCC3(CO)CC[C@]21C. The Morgan fingerprint density at radius 1 is 0.907 bits per heavy atom. The van der Waals surface area contributed by atoms with Gasteiger partial charge in [0.25, 0.3) is 0 Å². The number of nitrogens with zero attached hydrogens (tertiary/aromatic N) is 1. The quantitative estimate of drug-likeness (QED) is 0.257. The van der Waals surface area contributed by atoms with Crippen molar-refractivity contribution in [3.63, 3.8) is 0 Å². The number of fused-ring (bicyclic) bond motifs is 7. The van der Waals surface area contributed by atoms with Crippen molar-refractivity contribution in [2.24, 2.45) is 45.3 Å². The van der Waals surface area contributed by atoms with Gasteiger partial charge in [-0.25, -0.2) is 4.31 Å². The van der Waals surface area contributed by atoms with Crippen LogP contribution < -0.4 is 0 Å². The van der Waals surface area contributed by atoms with E-state index >= 15 is 0 Å². The summed E-state index contributed by atoms with van der Waals surface area (Å²) in [5.74, 6) is 2.17.